The molecule has 0 aromatic heterocycles. The summed E-state index contributed by atoms with van der Waals surface area (Å²) in [5.74, 6) is -0.853. The van der Waals surface area contributed by atoms with E-state index in [0.29, 0.717) is 12.0 Å². The Labute approximate surface area is 80.7 Å². The minimum atomic E-state index is -0.853. The Kier molecular flexibility index (Phi) is 7.36. The Hall–Kier alpha value is -0.790. The van der Waals surface area contributed by atoms with Crippen molar-refractivity contribution in [3.63, 3.8) is 0 Å². The zero-order valence-corrected chi connectivity index (χ0v) is 8.51. The number of hydrogen-bond donors (Lipinski definition) is 1. The van der Waals surface area contributed by atoms with E-state index in [4.69, 9.17) is 5.11 Å². The van der Waals surface area contributed by atoms with Crippen molar-refractivity contribution < 1.29 is 9.90 Å². The van der Waals surface area contributed by atoms with Crippen LogP contribution in [0, 0.1) is 0 Å². The molecule has 0 radical (unpaired) electrons. The second kappa shape index (κ2) is 7.84. The lowest BCUT2D eigenvalue weighted by Crippen LogP contribution is -1.98. The molecule has 0 bridgehead atoms. The van der Waals surface area contributed by atoms with Gasteiger partial charge in [-0.2, -0.15) is 0 Å². The molecule has 0 saturated heterocycles. The molecule has 0 unspecified atom stereocenters. The SMILES string of the molecule is C=C(CCCCCCCC)C(=O)O. The lowest BCUT2D eigenvalue weighted by molar-refractivity contribution is -0.132. The topological polar surface area (TPSA) is 37.3 Å². The number of unbranched alkanes of at least 4 members (excludes halogenated alkanes) is 5. The summed E-state index contributed by atoms with van der Waals surface area (Å²) in [5, 5.41) is 8.52. The summed E-state index contributed by atoms with van der Waals surface area (Å²) < 4.78 is 0. The highest BCUT2D eigenvalue weighted by Gasteiger charge is 2.02. The minimum Gasteiger partial charge on any atom is -0.478 e. The van der Waals surface area contributed by atoms with Crippen molar-refractivity contribution in [1.82, 2.24) is 0 Å². The van der Waals surface area contributed by atoms with E-state index >= 15 is 0 Å². The van der Waals surface area contributed by atoms with Crippen LogP contribution >= 0.6 is 0 Å². The molecular formula is C11H20O2. The fourth-order valence-electron chi connectivity index (χ4n) is 1.23. The number of aliphatic carboxylic acids is 1. The third kappa shape index (κ3) is 7.57. The molecule has 0 aliphatic heterocycles. The van der Waals surface area contributed by atoms with Gasteiger partial charge in [-0.15, -0.1) is 0 Å². The summed E-state index contributed by atoms with van der Waals surface area (Å²) in [6.07, 6.45) is 7.78. The van der Waals surface area contributed by atoms with Gasteiger partial charge >= 0.3 is 5.97 Å². The molecule has 0 aliphatic carbocycles. The third-order valence-corrected chi connectivity index (χ3v) is 2.13. The van der Waals surface area contributed by atoms with Gasteiger partial charge in [-0.25, -0.2) is 4.79 Å². The maximum absolute atomic E-state index is 10.4. The summed E-state index contributed by atoms with van der Waals surface area (Å²) in [6, 6.07) is 0. The van der Waals surface area contributed by atoms with Crippen LogP contribution in [0.2, 0.25) is 0 Å². The normalized spacial score (nSPS) is 9.92. The van der Waals surface area contributed by atoms with Crippen LogP contribution in [0.15, 0.2) is 12.2 Å². The summed E-state index contributed by atoms with van der Waals surface area (Å²) in [4.78, 5) is 10.4. The van der Waals surface area contributed by atoms with Crippen LogP contribution in [0.3, 0.4) is 0 Å². The van der Waals surface area contributed by atoms with E-state index in [1.165, 1.54) is 25.7 Å². The lowest BCUT2D eigenvalue weighted by Gasteiger charge is -2.00. The first-order valence-corrected chi connectivity index (χ1v) is 5.09. The molecule has 1 N–H and O–H groups in total. The first kappa shape index (κ1) is 12.2. The molecule has 2 heteroatoms. The van der Waals surface area contributed by atoms with Gasteiger partial charge in [0, 0.05) is 5.57 Å². The lowest BCUT2D eigenvalue weighted by atomic mass is 10.1. The van der Waals surface area contributed by atoms with Gasteiger partial charge in [0.1, 0.15) is 0 Å². The van der Waals surface area contributed by atoms with Gasteiger partial charge in [-0.05, 0) is 12.8 Å². The smallest absolute Gasteiger partial charge is 0.330 e. The van der Waals surface area contributed by atoms with Gasteiger partial charge in [0.05, 0.1) is 0 Å². The molecule has 13 heavy (non-hydrogen) atoms. The molecule has 0 aromatic rings. The molecule has 0 saturated carbocycles. The fourth-order valence-corrected chi connectivity index (χ4v) is 1.23. The van der Waals surface area contributed by atoms with Crippen LogP contribution in [0.25, 0.3) is 0 Å². The van der Waals surface area contributed by atoms with E-state index in [2.05, 4.69) is 13.5 Å². The van der Waals surface area contributed by atoms with Crippen LogP contribution in [-0.4, -0.2) is 11.1 Å². The molecule has 0 heterocycles. The van der Waals surface area contributed by atoms with Crippen LogP contribution < -0.4 is 0 Å². The Morgan fingerprint density at radius 3 is 2.23 bits per heavy atom. The number of carbonyl (C=O) groups is 1. The van der Waals surface area contributed by atoms with Crippen LogP contribution in [0.4, 0.5) is 0 Å². The highest BCUT2D eigenvalue weighted by molar-refractivity contribution is 5.85. The van der Waals surface area contributed by atoms with Crippen molar-refractivity contribution in [2.45, 2.75) is 51.9 Å². The van der Waals surface area contributed by atoms with Gasteiger partial charge in [0.15, 0.2) is 0 Å². The molecule has 0 aliphatic rings. The highest BCUT2D eigenvalue weighted by atomic mass is 16.4. The van der Waals surface area contributed by atoms with E-state index in [-0.39, 0.29) is 0 Å². The highest BCUT2D eigenvalue weighted by Crippen LogP contribution is 2.10. The molecule has 2 nitrogen and oxygen atoms in total. The van der Waals surface area contributed by atoms with Crippen molar-refractivity contribution in [2.24, 2.45) is 0 Å². The first-order chi connectivity index (χ1) is 6.18. The van der Waals surface area contributed by atoms with Gasteiger partial charge in [-0.3, -0.25) is 0 Å². The standard InChI is InChI=1S/C11H20O2/c1-3-4-5-6-7-8-9-10(2)11(12)13/h2-9H2,1H3,(H,12,13). The third-order valence-electron chi connectivity index (χ3n) is 2.13. The molecule has 76 valence electrons. The van der Waals surface area contributed by atoms with Gasteiger partial charge < -0.3 is 5.11 Å². The minimum absolute atomic E-state index is 0.343. The summed E-state index contributed by atoms with van der Waals surface area (Å²) in [7, 11) is 0. The number of hydrogen-bond acceptors (Lipinski definition) is 1. The predicted octanol–water partition coefficient (Wildman–Crippen LogP) is 3.38. The van der Waals surface area contributed by atoms with Gasteiger partial charge in [0.2, 0.25) is 0 Å². The monoisotopic (exact) mass is 184 g/mol. The second-order valence-corrected chi connectivity index (χ2v) is 3.43. The van der Waals surface area contributed by atoms with Crippen LogP contribution in [0.5, 0.6) is 0 Å². The van der Waals surface area contributed by atoms with E-state index in [0.717, 1.165) is 12.8 Å². The maximum atomic E-state index is 10.4. The Balaban J connectivity index is 3.16. The average Bonchev–Trinajstić information content (AvgIpc) is 2.10. The second-order valence-electron chi connectivity index (χ2n) is 3.43. The Morgan fingerprint density at radius 2 is 1.69 bits per heavy atom. The fraction of sp³-hybridized carbons (Fsp3) is 0.727. The molecular weight excluding hydrogens is 164 g/mol. The quantitative estimate of drug-likeness (QED) is 0.464. The van der Waals surface area contributed by atoms with E-state index in [9.17, 15) is 4.79 Å². The molecule has 0 aromatic carbocycles. The number of carboxylic acid groups (broad SMARTS) is 1. The summed E-state index contributed by atoms with van der Waals surface area (Å²) in [6.45, 7) is 5.68. The maximum Gasteiger partial charge on any atom is 0.330 e. The van der Waals surface area contributed by atoms with Crippen molar-refractivity contribution in [2.75, 3.05) is 0 Å². The largest absolute Gasteiger partial charge is 0.478 e. The van der Waals surface area contributed by atoms with E-state index in [1.54, 1.807) is 0 Å². The van der Waals surface area contributed by atoms with Crippen LogP contribution in [-0.2, 0) is 4.79 Å². The zero-order chi connectivity index (χ0) is 10.1. The zero-order valence-electron chi connectivity index (χ0n) is 8.51. The van der Waals surface area contributed by atoms with Crippen LogP contribution in [0.1, 0.15) is 51.9 Å². The summed E-state index contributed by atoms with van der Waals surface area (Å²) in [5.41, 5.74) is 0.343. The molecule has 0 amide bonds. The van der Waals surface area contributed by atoms with Gasteiger partial charge in [0.25, 0.3) is 0 Å². The Bertz CT molecular complexity index is 161. The molecule has 0 spiro atoms. The molecule has 0 fully saturated rings. The number of carboxylic acids is 1. The molecule has 0 rings (SSSR count). The van der Waals surface area contributed by atoms with E-state index in [1.807, 2.05) is 0 Å². The number of rotatable bonds is 8. The van der Waals surface area contributed by atoms with Crippen molar-refractivity contribution >= 4 is 5.97 Å². The van der Waals surface area contributed by atoms with Crippen molar-refractivity contribution in [3.8, 4) is 0 Å². The van der Waals surface area contributed by atoms with Gasteiger partial charge in [-0.1, -0.05) is 45.6 Å². The first-order valence-electron chi connectivity index (χ1n) is 5.09. The van der Waals surface area contributed by atoms with Crippen molar-refractivity contribution in [3.05, 3.63) is 12.2 Å². The van der Waals surface area contributed by atoms with E-state index < -0.39 is 5.97 Å². The Morgan fingerprint density at radius 1 is 1.15 bits per heavy atom. The average molecular weight is 184 g/mol. The van der Waals surface area contributed by atoms with Crippen molar-refractivity contribution in [1.29, 1.82) is 0 Å². The summed E-state index contributed by atoms with van der Waals surface area (Å²) >= 11 is 0. The molecule has 0 atom stereocenters. The predicted molar refractivity (Wildman–Crippen MR) is 54.8 cm³/mol.